The molecule has 1 aromatic carbocycles. The molecule has 21 heavy (non-hydrogen) atoms. The van der Waals surface area contributed by atoms with Crippen LogP contribution in [0.3, 0.4) is 0 Å². The molecule has 0 bridgehead atoms. The Labute approximate surface area is 123 Å². The van der Waals surface area contributed by atoms with Crippen LogP contribution < -0.4 is 10.6 Å². The van der Waals surface area contributed by atoms with Crippen molar-refractivity contribution in [1.82, 2.24) is 5.32 Å². The van der Waals surface area contributed by atoms with Gasteiger partial charge in [-0.3, -0.25) is 4.79 Å². The van der Waals surface area contributed by atoms with Gasteiger partial charge in [-0.2, -0.15) is 0 Å². The summed E-state index contributed by atoms with van der Waals surface area (Å²) in [5.41, 5.74) is 0.651. The number of rotatable bonds is 5. The van der Waals surface area contributed by atoms with Crippen LogP contribution in [0.15, 0.2) is 24.3 Å². The summed E-state index contributed by atoms with van der Waals surface area (Å²) in [6.07, 6.45) is 7.26. The van der Waals surface area contributed by atoms with Gasteiger partial charge in [0.15, 0.2) is 0 Å². The highest BCUT2D eigenvalue weighted by atomic mass is 16.4. The lowest BCUT2D eigenvalue weighted by Crippen LogP contribution is -2.36. The molecule has 2 rings (SSSR count). The molecule has 3 N–H and O–H groups in total. The number of urea groups is 1. The Kier molecular flexibility index (Phi) is 4.18. The first-order valence-electron chi connectivity index (χ1n) is 6.89. The summed E-state index contributed by atoms with van der Waals surface area (Å²) < 4.78 is 0. The number of amides is 2. The minimum atomic E-state index is -0.791. The maximum absolute atomic E-state index is 11.7. The lowest BCUT2D eigenvalue weighted by atomic mass is 9.96. The molecular formula is C16H18N2O3. The fourth-order valence-electron chi connectivity index (χ4n) is 2.21. The molecule has 0 aromatic heterocycles. The van der Waals surface area contributed by atoms with Crippen molar-refractivity contribution >= 4 is 17.7 Å². The minimum Gasteiger partial charge on any atom is -0.481 e. The van der Waals surface area contributed by atoms with Crippen LogP contribution in [0.1, 0.15) is 31.7 Å². The van der Waals surface area contributed by atoms with E-state index in [-0.39, 0.29) is 12.1 Å². The van der Waals surface area contributed by atoms with E-state index in [1.807, 2.05) is 6.92 Å². The third-order valence-corrected chi connectivity index (χ3v) is 3.77. The summed E-state index contributed by atoms with van der Waals surface area (Å²) in [6.45, 7) is 1.89. The van der Waals surface area contributed by atoms with Gasteiger partial charge in [0.1, 0.15) is 0 Å². The molecule has 110 valence electrons. The number of benzene rings is 1. The summed E-state index contributed by atoms with van der Waals surface area (Å²) in [6, 6.07) is 6.23. The van der Waals surface area contributed by atoms with Crippen molar-refractivity contribution in [3.63, 3.8) is 0 Å². The van der Waals surface area contributed by atoms with Gasteiger partial charge in [0.2, 0.25) is 0 Å². The summed E-state index contributed by atoms with van der Waals surface area (Å²) >= 11 is 0. The molecule has 1 aliphatic carbocycles. The number of anilines is 1. The molecule has 0 aliphatic heterocycles. The van der Waals surface area contributed by atoms with Gasteiger partial charge in [0, 0.05) is 5.69 Å². The maximum atomic E-state index is 11.7. The van der Waals surface area contributed by atoms with Gasteiger partial charge in [-0.05, 0) is 37.0 Å². The van der Waals surface area contributed by atoms with Gasteiger partial charge in [0.05, 0.1) is 11.5 Å². The number of aliphatic carboxylic acids is 1. The standard InChI is InChI=1S/C16H18N2O3/c1-3-12(4-2)17-15(21)18-13-7-5-11(6-8-13)16(9-10-16)14(19)20/h1,5-8,12H,4,9-10H2,2H3,(H,19,20)(H2,17,18,21). The second kappa shape index (κ2) is 5.88. The monoisotopic (exact) mass is 286 g/mol. The largest absolute Gasteiger partial charge is 0.481 e. The Bertz CT molecular complexity index is 583. The molecule has 1 atom stereocenters. The Balaban J connectivity index is 1.99. The van der Waals surface area contributed by atoms with E-state index in [1.54, 1.807) is 24.3 Å². The van der Waals surface area contributed by atoms with Gasteiger partial charge >= 0.3 is 12.0 Å². The zero-order valence-corrected chi connectivity index (χ0v) is 11.8. The number of hydrogen-bond acceptors (Lipinski definition) is 2. The number of carboxylic acids is 1. The maximum Gasteiger partial charge on any atom is 0.320 e. The highest BCUT2D eigenvalue weighted by molar-refractivity contribution is 5.90. The summed E-state index contributed by atoms with van der Waals surface area (Å²) in [5, 5.41) is 14.6. The van der Waals surface area contributed by atoms with Crippen LogP contribution in [-0.2, 0) is 10.2 Å². The van der Waals surface area contributed by atoms with Crippen molar-refractivity contribution in [3.8, 4) is 12.3 Å². The van der Waals surface area contributed by atoms with Crippen LogP contribution >= 0.6 is 0 Å². The van der Waals surface area contributed by atoms with E-state index in [1.165, 1.54) is 0 Å². The number of nitrogens with one attached hydrogen (secondary N) is 2. The number of carbonyl (C=O) groups is 2. The van der Waals surface area contributed by atoms with Crippen LogP contribution in [0.5, 0.6) is 0 Å². The second-order valence-electron chi connectivity index (χ2n) is 5.19. The smallest absolute Gasteiger partial charge is 0.320 e. The van der Waals surface area contributed by atoms with Crippen LogP contribution in [0, 0.1) is 12.3 Å². The van der Waals surface area contributed by atoms with Gasteiger partial charge in [-0.25, -0.2) is 4.79 Å². The molecule has 5 heteroatoms. The molecule has 1 saturated carbocycles. The van der Waals surface area contributed by atoms with E-state index in [0.717, 1.165) is 5.56 Å². The number of terminal acetylenes is 1. The predicted molar refractivity (Wildman–Crippen MR) is 80.1 cm³/mol. The lowest BCUT2D eigenvalue weighted by Gasteiger charge is -2.13. The fraction of sp³-hybridized carbons (Fsp3) is 0.375. The molecule has 0 spiro atoms. The molecule has 1 aromatic rings. The molecule has 0 heterocycles. The lowest BCUT2D eigenvalue weighted by molar-refractivity contribution is -0.140. The van der Waals surface area contributed by atoms with Crippen molar-refractivity contribution in [3.05, 3.63) is 29.8 Å². The van der Waals surface area contributed by atoms with Gasteiger partial charge in [-0.1, -0.05) is 25.0 Å². The molecule has 1 aliphatic rings. The van der Waals surface area contributed by atoms with Crippen LogP contribution in [0.4, 0.5) is 10.5 Å². The number of carbonyl (C=O) groups excluding carboxylic acids is 1. The molecule has 1 unspecified atom stereocenters. The van der Waals surface area contributed by atoms with Gasteiger partial charge < -0.3 is 15.7 Å². The second-order valence-corrected chi connectivity index (χ2v) is 5.19. The van der Waals surface area contributed by atoms with Crippen LogP contribution in [0.2, 0.25) is 0 Å². The minimum absolute atomic E-state index is 0.300. The van der Waals surface area contributed by atoms with Gasteiger partial charge in [-0.15, -0.1) is 6.42 Å². The predicted octanol–water partition coefficient (Wildman–Crippen LogP) is 2.34. The molecule has 2 amide bonds. The van der Waals surface area contributed by atoms with Crippen molar-refractivity contribution in [2.75, 3.05) is 5.32 Å². The van der Waals surface area contributed by atoms with Crippen molar-refractivity contribution in [2.24, 2.45) is 0 Å². The van der Waals surface area contributed by atoms with E-state index in [9.17, 15) is 14.7 Å². The fourth-order valence-corrected chi connectivity index (χ4v) is 2.21. The van der Waals surface area contributed by atoms with Crippen molar-refractivity contribution < 1.29 is 14.7 Å². The molecule has 0 radical (unpaired) electrons. The Morgan fingerprint density at radius 1 is 1.38 bits per heavy atom. The van der Waals surface area contributed by atoms with E-state index in [2.05, 4.69) is 16.6 Å². The first-order valence-corrected chi connectivity index (χ1v) is 6.89. The third-order valence-electron chi connectivity index (χ3n) is 3.77. The molecule has 0 saturated heterocycles. The van der Waals surface area contributed by atoms with E-state index in [0.29, 0.717) is 24.9 Å². The zero-order chi connectivity index (χ0) is 15.5. The highest BCUT2D eigenvalue weighted by Crippen LogP contribution is 2.48. The van der Waals surface area contributed by atoms with Crippen LogP contribution in [0.25, 0.3) is 0 Å². The van der Waals surface area contributed by atoms with E-state index in [4.69, 9.17) is 6.42 Å². The zero-order valence-electron chi connectivity index (χ0n) is 11.8. The SMILES string of the molecule is C#CC(CC)NC(=O)Nc1ccc(C2(C(=O)O)CC2)cc1. The quantitative estimate of drug-likeness (QED) is 0.727. The Morgan fingerprint density at radius 2 is 2.00 bits per heavy atom. The third kappa shape index (κ3) is 3.16. The first kappa shape index (κ1) is 14.9. The van der Waals surface area contributed by atoms with Crippen LogP contribution in [-0.4, -0.2) is 23.1 Å². The summed E-state index contributed by atoms with van der Waals surface area (Å²) in [4.78, 5) is 23.0. The normalized spacial score (nSPS) is 16.4. The molecule has 5 nitrogen and oxygen atoms in total. The van der Waals surface area contributed by atoms with Gasteiger partial charge in [0.25, 0.3) is 0 Å². The van der Waals surface area contributed by atoms with E-state index < -0.39 is 11.4 Å². The van der Waals surface area contributed by atoms with Crippen molar-refractivity contribution in [2.45, 2.75) is 37.6 Å². The first-order chi connectivity index (χ1) is 10.0. The Morgan fingerprint density at radius 3 is 2.43 bits per heavy atom. The average Bonchev–Trinajstić information content (AvgIpc) is 3.27. The number of carboxylic acid groups (broad SMARTS) is 1. The average molecular weight is 286 g/mol. The number of hydrogen-bond donors (Lipinski definition) is 3. The Hall–Kier alpha value is -2.48. The summed E-state index contributed by atoms with van der Waals surface area (Å²) in [5.74, 6) is 1.69. The molecular weight excluding hydrogens is 268 g/mol. The van der Waals surface area contributed by atoms with E-state index >= 15 is 0 Å². The van der Waals surface area contributed by atoms with Crippen molar-refractivity contribution in [1.29, 1.82) is 0 Å². The molecule has 1 fully saturated rings. The summed E-state index contributed by atoms with van der Waals surface area (Å²) in [7, 11) is 0. The highest BCUT2D eigenvalue weighted by Gasteiger charge is 2.51. The topological polar surface area (TPSA) is 78.4 Å².